The zero-order valence-electron chi connectivity index (χ0n) is 19.2. The summed E-state index contributed by atoms with van der Waals surface area (Å²) in [5.41, 5.74) is 4.31. The Morgan fingerprint density at radius 3 is 2.94 bits per heavy atom. The van der Waals surface area contributed by atoms with Gasteiger partial charge in [-0.25, -0.2) is 8.91 Å². The molecule has 1 aliphatic heterocycles. The fraction of sp³-hybridized carbons (Fsp3) is 0.304. The quantitative estimate of drug-likeness (QED) is 0.236. The smallest absolute Gasteiger partial charge is 0.179 e. The van der Waals surface area contributed by atoms with E-state index in [9.17, 15) is 14.3 Å². The van der Waals surface area contributed by atoms with Crippen molar-refractivity contribution in [2.75, 3.05) is 19.7 Å². The lowest BCUT2D eigenvalue weighted by Crippen LogP contribution is -2.47. The molecule has 4 rings (SSSR count). The number of carbonyl (C=O) groups is 1. The molecule has 4 heterocycles. The van der Waals surface area contributed by atoms with Crippen LogP contribution in [0.2, 0.25) is 5.02 Å². The number of nitriles is 1. The molecular weight excluding hydrogens is 491 g/mol. The van der Waals surface area contributed by atoms with Crippen molar-refractivity contribution < 1.29 is 19.0 Å². The first-order chi connectivity index (χ1) is 17.3. The number of fused-ring (bicyclic) bond motifs is 1. The number of pyridine rings is 2. The lowest BCUT2D eigenvalue weighted by molar-refractivity contribution is -0.123. The second kappa shape index (κ2) is 10.7. The maximum absolute atomic E-state index is 13.3. The molecule has 1 saturated heterocycles. The lowest BCUT2D eigenvalue weighted by Gasteiger charge is -2.26. The van der Waals surface area contributed by atoms with Gasteiger partial charge in [0.1, 0.15) is 28.8 Å². The predicted molar refractivity (Wildman–Crippen MR) is 129 cm³/mol. The number of Topliss-reactive ketones (excluding diaryl/α,β-unsaturated/α-hetero) is 1. The number of ether oxygens (including phenoxy) is 1. The van der Waals surface area contributed by atoms with Gasteiger partial charge >= 0.3 is 0 Å². The third kappa shape index (κ3) is 5.27. The second-order valence-electron chi connectivity index (χ2n) is 8.11. The highest BCUT2D eigenvalue weighted by atomic mass is 35.5. The highest BCUT2D eigenvalue weighted by molar-refractivity contribution is 6.46. The number of aliphatic hydroxyl groups excluding tert-OH is 1. The SMILES string of the molecule is CC(=N)/C(=N\N[C@@H]1CCN(C#N)CC1=O)c1cc(OC(CO)c2ccc(F)cn2)c2c(Cl)cnn2c1. The van der Waals surface area contributed by atoms with Crippen molar-refractivity contribution in [2.24, 2.45) is 5.10 Å². The molecular formula is C23H22ClFN8O3. The average molecular weight is 513 g/mol. The molecule has 3 N–H and O–H groups in total. The molecule has 13 heteroatoms. The number of ketones is 1. The van der Waals surface area contributed by atoms with Gasteiger partial charge in [0.05, 0.1) is 42.0 Å². The minimum Gasteiger partial charge on any atom is -0.479 e. The number of hydrogen-bond donors (Lipinski definition) is 3. The number of hydrazone groups is 1. The summed E-state index contributed by atoms with van der Waals surface area (Å²) in [5, 5.41) is 36.0. The molecule has 3 aromatic rings. The van der Waals surface area contributed by atoms with Gasteiger partial charge in [-0.05, 0) is 31.5 Å². The first-order valence-corrected chi connectivity index (χ1v) is 11.3. The highest BCUT2D eigenvalue weighted by Gasteiger charge is 2.27. The van der Waals surface area contributed by atoms with Crippen molar-refractivity contribution in [1.29, 1.82) is 10.7 Å². The van der Waals surface area contributed by atoms with Crippen molar-refractivity contribution in [3.05, 3.63) is 58.9 Å². The molecule has 1 fully saturated rings. The summed E-state index contributed by atoms with van der Waals surface area (Å²) in [6.07, 6.45) is 5.48. The van der Waals surface area contributed by atoms with Gasteiger partial charge in [0, 0.05) is 18.3 Å². The lowest BCUT2D eigenvalue weighted by atomic mass is 10.1. The van der Waals surface area contributed by atoms with Crippen molar-refractivity contribution >= 4 is 34.3 Å². The number of halogens is 2. The number of aliphatic hydroxyl groups is 1. The number of rotatable bonds is 8. The fourth-order valence-corrected chi connectivity index (χ4v) is 3.97. The van der Waals surface area contributed by atoms with Crippen LogP contribution in [-0.2, 0) is 4.79 Å². The molecule has 36 heavy (non-hydrogen) atoms. The maximum Gasteiger partial charge on any atom is 0.179 e. The Kier molecular flexibility index (Phi) is 7.42. The van der Waals surface area contributed by atoms with E-state index in [4.69, 9.17) is 27.0 Å². The number of likely N-dealkylation sites (tertiary alicyclic amines) is 1. The van der Waals surface area contributed by atoms with Gasteiger partial charge in [0.2, 0.25) is 0 Å². The van der Waals surface area contributed by atoms with Gasteiger partial charge in [0.25, 0.3) is 0 Å². The molecule has 0 saturated carbocycles. The first kappa shape index (κ1) is 25.0. The van der Waals surface area contributed by atoms with Crippen LogP contribution in [0.25, 0.3) is 5.52 Å². The van der Waals surface area contributed by atoms with Gasteiger partial charge in [0.15, 0.2) is 18.1 Å². The molecule has 0 aliphatic carbocycles. The van der Waals surface area contributed by atoms with Crippen LogP contribution in [0, 0.1) is 22.7 Å². The molecule has 0 aromatic carbocycles. The van der Waals surface area contributed by atoms with Crippen LogP contribution in [0.4, 0.5) is 4.39 Å². The van der Waals surface area contributed by atoms with Crippen LogP contribution in [0.5, 0.6) is 5.75 Å². The van der Waals surface area contributed by atoms with Crippen LogP contribution < -0.4 is 10.2 Å². The highest BCUT2D eigenvalue weighted by Crippen LogP contribution is 2.32. The zero-order valence-corrected chi connectivity index (χ0v) is 19.9. The van der Waals surface area contributed by atoms with Gasteiger partial charge in [-0.1, -0.05) is 11.6 Å². The Hall–Kier alpha value is -4.08. The minimum absolute atomic E-state index is 0.00169. The minimum atomic E-state index is -0.932. The predicted octanol–water partition coefficient (Wildman–Crippen LogP) is 2.09. The summed E-state index contributed by atoms with van der Waals surface area (Å²) in [6, 6.07) is 3.62. The van der Waals surface area contributed by atoms with E-state index in [-0.39, 0.29) is 29.5 Å². The van der Waals surface area contributed by atoms with Gasteiger partial charge in [-0.15, -0.1) is 0 Å². The van der Waals surface area contributed by atoms with Crippen molar-refractivity contribution in [2.45, 2.75) is 25.5 Å². The number of carbonyl (C=O) groups excluding carboxylic acids is 1. The molecule has 2 atom stereocenters. The summed E-state index contributed by atoms with van der Waals surface area (Å²) in [7, 11) is 0. The first-order valence-electron chi connectivity index (χ1n) is 10.9. The summed E-state index contributed by atoms with van der Waals surface area (Å²) in [4.78, 5) is 17.7. The zero-order chi connectivity index (χ0) is 25.8. The molecule has 3 aromatic heterocycles. The van der Waals surface area contributed by atoms with E-state index in [0.29, 0.717) is 34.8 Å². The van der Waals surface area contributed by atoms with Crippen LogP contribution >= 0.6 is 11.6 Å². The van der Waals surface area contributed by atoms with Crippen molar-refractivity contribution in [3.8, 4) is 11.9 Å². The average Bonchev–Trinajstić information content (AvgIpc) is 3.24. The monoisotopic (exact) mass is 512 g/mol. The van der Waals surface area contributed by atoms with Gasteiger partial charge in [-0.2, -0.15) is 15.5 Å². The van der Waals surface area contributed by atoms with Crippen LogP contribution in [0.3, 0.4) is 0 Å². The summed E-state index contributed by atoms with van der Waals surface area (Å²) >= 11 is 6.33. The van der Waals surface area contributed by atoms with E-state index < -0.39 is 24.6 Å². The number of nitrogens with zero attached hydrogens (tertiary/aromatic N) is 6. The number of nitrogens with one attached hydrogen (secondary N) is 2. The van der Waals surface area contributed by atoms with E-state index in [1.807, 2.05) is 6.19 Å². The van der Waals surface area contributed by atoms with Crippen LogP contribution in [0.15, 0.2) is 41.9 Å². The van der Waals surface area contributed by atoms with E-state index >= 15 is 0 Å². The molecule has 0 spiro atoms. The number of hydrogen-bond acceptors (Lipinski definition) is 10. The molecule has 0 bridgehead atoms. The summed E-state index contributed by atoms with van der Waals surface area (Å²) in [6.45, 7) is 1.51. The van der Waals surface area contributed by atoms with Crippen LogP contribution in [-0.4, -0.2) is 67.5 Å². The molecule has 1 unspecified atom stereocenters. The Balaban J connectivity index is 1.68. The van der Waals surface area contributed by atoms with E-state index in [1.54, 1.807) is 19.2 Å². The Morgan fingerprint density at radius 2 is 2.31 bits per heavy atom. The van der Waals surface area contributed by atoms with Gasteiger partial charge < -0.3 is 20.2 Å². The van der Waals surface area contributed by atoms with E-state index in [0.717, 1.165) is 6.20 Å². The largest absolute Gasteiger partial charge is 0.479 e. The van der Waals surface area contributed by atoms with E-state index in [2.05, 4.69) is 20.6 Å². The molecule has 186 valence electrons. The Labute approximate surface area is 210 Å². The Morgan fingerprint density at radius 1 is 1.50 bits per heavy atom. The summed E-state index contributed by atoms with van der Waals surface area (Å²) < 4.78 is 20.8. The third-order valence-corrected chi connectivity index (χ3v) is 5.85. The number of piperidine rings is 1. The third-order valence-electron chi connectivity index (χ3n) is 5.57. The number of aromatic nitrogens is 3. The normalized spacial score (nSPS) is 17.1. The van der Waals surface area contributed by atoms with Crippen molar-refractivity contribution in [1.82, 2.24) is 24.9 Å². The standard InChI is InChI=1S/C23H22ClFN8O3/c1-13(27)22(31-30-17-4-5-32(12-26)10-19(17)35)14-6-20(23-16(24)8-29-33(23)9-14)36-21(11-34)18-3-2-15(25)7-28-18/h2-3,6-9,17,21,27,30,34H,4-5,10-11H2,1H3/b27-13?,31-22+/t17-,21?/m1/s1. The molecule has 0 radical (unpaired) electrons. The fourth-order valence-electron chi connectivity index (χ4n) is 3.74. The van der Waals surface area contributed by atoms with E-state index in [1.165, 1.54) is 27.7 Å². The maximum atomic E-state index is 13.3. The second-order valence-corrected chi connectivity index (χ2v) is 8.52. The van der Waals surface area contributed by atoms with Crippen LogP contribution in [0.1, 0.15) is 30.7 Å². The Bertz CT molecular complexity index is 1370. The molecule has 0 amide bonds. The molecule has 1 aliphatic rings. The van der Waals surface area contributed by atoms with Gasteiger partial charge in [-0.3, -0.25) is 15.2 Å². The topological polar surface area (TPSA) is 152 Å². The van der Waals surface area contributed by atoms with Crippen molar-refractivity contribution in [3.63, 3.8) is 0 Å². The molecule has 11 nitrogen and oxygen atoms in total. The summed E-state index contributed by atoms with van der Waals surface area (Å²) in [5.74, 6) is -0.470.